The van der Waals surface area contributed by atoms with Gasteiger partial charge in [-0.25, -0.2) is 0 Å². The quantitative estimate of drug-likeness (QED) is 0.506. The lowest BCUT2D eigenvalue weighted by Gasteiger charge is -2.23. The Morgan fingerprint density at radius 2 is 2.38 bits per heavy atom. The molecule has 0 aromatic heterocycles. The molecular formula is C6H13NO. The molecule has 0 bridgehead atoms. The number of nitrogens with zero attached hydrogens (tertiary/aromatic N) is 1. The van der Waals surface area contributed by atoms with Crippen LogP contribution in [0.25, 0.3) is 0 Å². The monoisotopic (exact) mass is 115 g/mol. The number of rotatable bonds is 1. The minimum absolute atomic E-state index is 0.924. The molecule has 0 aromatic carbocycles. The van der Waals surface area contributed by atoms with Gasteiger partial charge in [-0.2, -0.15) is 5.06 Å². The third kappa shape index (κ3) is 1.46. The molecule has 0 aliphatic carbocycles. The largest absolute Gasteiger partial charge is 0.299 e. The summed E-state index contributed by atoms with van der Waals surface area (Å²) < 4.78 is 0. The fraction of sp³-hybridized carbons (Fsp3) is 1.00. The summed E-state index contributed by atoms with van der Waals surface area (Å²) in [6, 6.07) is 0. The Morgan fingerprint density at radius 1 is 1.50 bits per heavy atom. The molecule has 0 saturated carbocycles. The van der Waals surface area contributed by atoms with Gasteiger partial charge >= 0.3 is 0 Å². The molecule has 1 saturated heterocycles. The summed E-state index contributed by atoms with van der Waals surface area (Å²) >= 11 is 0. The average molecular weight is 115 g/mol. The molecule has 2 heteroatoms. The maximum atomic E-state index is 5.26. The third-order valence-corrected chi connectivity index (χ3v) is 1.43. The zero-order valence-electron chi connectivity index (χ0n) is 5.39. The van der Waals surface area contributed by atoms with Gasteiger partial charge in [0.2, 0.25) is 0 Å². The van der Waals surface area contributed by atoms with Gasteiger partial charge in [-0.3, -0.25) is 4.84 Å². The molecule has 8 heavy (non-hydrogen) atoms. The first-order chi connectivity index (χ1) is 3.93. The van der Waals surface area contributed by atoms with E-state index in [9.17, 15) is 0 Å². The number of hydrogen-bond donors (Lipinski definition) is 0. The topological polar surface area (TPSA) is 12.5 Å². The molecule has 2 nitrogen and oxygen atoms in total. The Labute approximate surface area is 50.4 Å². The first-order valence-corrected chi connectivity index (χ1v) is 3.31. The molecule has 1 rings (SSSR count). The van der Waals surface area contributed by atoms with Gasteiger partial charge < -0.3 is 0 Å². The second kappa shape index (κ2) is 3.05. The van der Waals surface area contributed by atoms with E-state index in [0.717, 1.165) is 19.7 Å². The summed E-state index contributed by atoms with van der Waals surface area (Å²) in [5, 5.41) is 2.02. The molecule has 48 valence electrons. The summed E-state index contributed by atoms with van der Waals surface area (Å²) in [7, 11) is 0. The van der Waals surface area contributed by atoms with Crippen molar-refractivity contribution in [2.24, 2.45) is 0 Å². The Kier molecular flexibility index (Phi) is 2.30. The van der Waals surface area contributed by atoms with Crippen molar-refractivity contribution in [3.8, 4) is 0 Å². The van der Waals surface area contributed by atoms with E-state index in [1.54, 1.807) is 0 Å². The van der Waals surface area contributed by atoms with Crippen LogP contribution in [0.4, 0.5) is 0 Å². The maximum absolute atomic E-state index is 5.26. The van der Waals surface area contributed by atoms with Crippen LogP contribution in [-0.2, 0) is 4.84 Å². The first-order valence-electron chi connectivity index (χ1n) is 3.31. The molecule has 0 amide bonds. The van der Waals surface area contributed by atoms with Crippen molar-refractivity contribution < 1.29 is 4.84 Å². The van der Waals surface area contributed by atoms with Crippen LogP contribution < -0.4 is 0 Å². The minimum Gasteiger partial charge on any atom is -0.299 e. The van der Waals surface area contributed by atoms with Gasteiger partial charge in [0.25, 0.3) is 0 Å². The van der Waals surface area contributed by atoms with E-state index in [1.165, 1.54) is 12.8 Å². The maximum Gasteiger partial charge on any atom is 0.0685 e. The highest BCUT2D eigenvalue weighted by atomic mass is 16.7. The van der Waals surface area contributed by atoms with Gasteiger partial charge in [0.05, 0.1) is 6.61 Å². The van der Waals surface area contributed by atoms with Gasteiger partial charge in [-0.1, -0.05) is 6.92 Å². The highest BCUT2D eigenvalue weighted by molar-refractivity contribution is 4.49. The molecule has 0 atom stereocenters. The van der Waals surface area contributed by atoms with Gasteiger partial charge in [-0.05, 0) is 12.8 Å². The van der Waals surface area contributed by atoms with E-state index in [-0.39, 0.29) is 0 Å². The smallest absolute Gasteiger partial charge is 0.0685 e. The summed E-state index contributed by atoms with van der Waals surface area (Å²) in [5.74, 6) is 0. The van der Waals surface area contributed by atoms with Crippen LogP contribution in [0.15, 0.2) is 0 Å². The normalized spacial score (nSPS) is 23.6. The predicted octanol–water partition coefficient (Wildman–Crippen LogP) is 1.03. The van der Waals surface area contributed by atoms with Crippen molar-refractivity contribution in [1.29, 1.82) is 0 Å². The third-order valence-electron chi connectivity index (χ3n) is 1.43. The Hall–Kier alpha value is -0.0800. The standard InChI is InChI=1S/C6H13NO/c1-2-7-5-3-4-6-8-7/h2-6H2,1H3. The van der Waals surface area contributed by atoms with Crippen LogP contribution in [-0.4, -0.2) is 24.8 Å². The lowest BCUT2D eigenvalue weighted by atomic mass is 10.3. The lowest BCUT2D eigenvalue weighted by Crippen LogP contribution is -2.29. The molecule has 1 aliphatic heterocycles. The van der Waals surface area contributed by atoms with E-state index in [2.05, 4.69) is 6.92 Å². The molecule has 0 unspecified atom stereocenters. The molecule has 0 N–H and O–H groups in total. The van der Waals surface area contributed by atoms with E-state index < -0.39 is 0 Å². The molecular weight excluding hydrogens is 102 g/mol. The summed E-state index contributed by atoms with van der Waals surface area (Å²) in [5.41, 5.74) is 0. The highest BCUT2D eigenvalue weighted by Crippen LogP contribution is 2.03. The first kappa shape index (κ1) is 6.05. The molecule has 0 aromatic rings. The SMILES string of the molecule is CCN1CCCCO1. The van der Waals surface area contributed by atoms with Crippen molar-refractivity contribution in [2.45, 2.75) is 19.8 Å². The van der Waals surface area contributed by atoms with Crippen molar-refractivity contribution in [3.63, 3.8) is 0 Å². The van der Waals surface area contributed by atoms with E-state index in [1.807, 2.05) is 5.06 Å². The summed E-state index contributed by atoms with van der Waals surface area (Å²) in [6.07, 6.45) is 2.53. The summed E-state index contributed by atoms with van der Waals surface area (Å²) in [6.45, 7) is 5.19. The molecule has 0 spiro atoms. The fourth-order valence-electron chi connectivity index (χ4n) is 0.898. The highest BCUT2D eigenvalue weighted by Gasteiger charge is 2.06. The van der Waals surface area contributed by atoms with Crippen LogP contribution in [0, 0.1) is 0 Å². The van der Waals surface area contributed by atoms with Crippen molar-refractivity contribution in [1.82, 2.24) is 5.06 Å². The Morgan fingerprint density at radius 3 is 2.75 bits per heavy atom. The number of hydroxylamine groups is 2. The summed E-state index contributed by atoms with van der Waals surface area (Å²) in [4.78, 5) is 5.26. The zero-order valence-corrected chi connectivity index (χ0v) is 5.39. The van der Waals surface area contributed by atoms with Gasteiger partial charge in [0.1, 0.15) is 0 Å². The Bertz CT molecular complexity index is 59.5. The second-order valence-corrected chi connectivity index (χ2v) is 2.06. The van der Waals surface area contributed by atoms with Crippen LogP contribution in [0.1, 0.15) is 19.8 Å². The van der Waals surface area contributed by atoms with Crippen molar-refractivity contribution in [3.05, 3.63) is 0 Å². The van der Waals surface area contributed by atoms with Crippen LogP contribution in [0.5, 0.6) is 0 Å². The van der Waals surface area contributed by atoms with Crippen molar-refractivity contribution in [2.75, 3.05) is 19.7 Å². The van der Waals surface area contributed by atoms with Crippen LogP contribution in [0.2, 0.25) is 0 Å². The zero-order chi connectivity index (χ0) is 5.82. The second-order valence-electron chi connectivity index (χ2n) is 2.06. The molecule has 1 aliphatic rings. The predicted molar refractivity (Wildman–Crippen MR) is 32.4 cm³/mol. The van der Waals surface area contributed by atoms with Crippen molar-refractivity contribution >= 4 is 0 Å². The minimum atomic E-state index is 0.924. The van der Waals surface area contributed by atoms with Gasteiger partial charge in [0.15, 0.2) is 0 Å². The van der Waals surface area contributed by atoms with Crippen LogP contribution in [0.3, 0.4) is 0 Å². The van der Waals surface area contributed by atoms with E-state index in [4.69, 9.17) is 4.84 Å². The molecule has 1 heterocycles. The lowest BCUT2D eigenvalue weighted by molar-refractivity contribution is -0.177. The van der Waals surface area contributed by atoms with E-state index >= 15 is 0 Å². The fourth-order valence-corrected chi connectivity index (χ4v) is 0.898. The van der Waals surface area contributed by atoms with Gasteiger partial charge in [0, 0.05) is 13.1 Å². The van der Waals surface area contributed by atoms with E-state index in [0.29, 0.717) is 0 Å². The van der Waals surface area contributed by atoms with Gasteiger partial charge in [-0.15, -0.1) is 0 Å². The number of hydrogen-bond acceptors (Lipinski definition) is 2. The molecule has 0 radical (unpaired) electrons. The Balaban J connectivity index is 2.13. The van der Waals surface area contributed by atoms with Crippen LogP contribution >= 0.6 is 0 Å². The molecule has 1 fully saturated rings. The average Bonchev–Trinajstić information content (AvgIpc) is 1.90.